The van der Waals surface area contributed by atoms with Crippen molar-refractivity contribution in [1.82, 2.24) is 0 Å². The largest absolute Gasteiger partial charge is 0.489 e. The van der Waals surface area contributed by atoms with Gasteiger partial charge in [0.1, 0.15) is 12.4 Å². The second-order valence-electron chi connectivity index (χ2n) is 3.81. The third kappa shape index (κ3) is 3.11. The summed E-state index contributed by atoms with van der Waals surface area (Å²) < 4.78 is 5.66. The summed E-state index contributed by atoms with van der Waals surface area (Å²) in [5, 5.41) is 0. The van der Waals surface area contributed by atoms with Crippen LogP contribution in [0.3, 0.4) is 0 Å². The Morgan fingerprint density at radius 1 is 1.12 bits per heavy atom. The van der Waals surface area contributed by atoms with Gasteiger partial charge in [0.15, 0.2) is 0 Å². The molecule has 0 bridgehead atoms. The van der Waals surface area contributed by atoms with Crippen molar-refractivity contribution in [3.05, 3.63) is 66.2 Å². The van der Waals surface area contributed by atoms with Crippen LogP contribution in [0.5, 0.6) is 5.75 Å². The van der Waals surface area contributed by atoms with Gasteiger partial charge < -0.3 is 10.5 Å². The van der Waals surface area contributed by atoms with Gasteiger partial charge in [-0.25, -0.2) is 0 Å². The molecule has 0 aliphatic rings. The first-order chi connectivity index (χ1) is 8.28. The van der Waals surface area contributed by atoms with Crippen molar-refractivity contribution in [2.45, 2.75) is 6.61 Å². The van der Waals surface area contributed by atoms with Gasteiger partial charge in [-0.1, -0.05) is 30.9 Å². The lowest BCUT2D eigenvalue weighted by molar-refractivity contribution is 0.306. The number of hydrogen-bond acceptors (Lipinski definition) is 2. The second-order valence-corrected chi connectivity index (χ2v) is 3.81. The van der Waals surface area contributed by atoms with Gasteiger partial charge in [0.25, 0.3) is 0 Å². The molecule has 0 saturated carbocycles. The highest BCUT2D eigenvalue weighted by molar-refractivity contribution is 5.48. The molecular formula is C15H15NO. The summed E-state index contributed by atoms with van der Waals surface area (Å²) in [7, 11) is 0. The Morgan fingerprint density at radius 2 is 1.88 bits per heavy atom. The van der Waals surface area contributed by atoms with Crippen molar-refractivity contribution in [3.8, 4) is 5.75 Å². The predicted octanol–water partition coefficient (Wildman–Crippen LogP) is 3.49. The molecule has 2 rings (SSSR count). The van der Waals surface area contributed by atoms with Gasteiger partial charge in [-0.3, -0.25) is 0 Å². The Labute approximate surface area is 101 Å². The lowest BCUT2D eigenvalue weighted by atomic mass is 10.1. The van der Waals surface area contributed by atoms with Crippen LogP contribution in [-0.4, -0.2) is 0 Å². The average molecular weight is 225 g/mol. The highest BCUT2D eigenvalue weighted by atomic mass is 16.5. The van der Waals surface area contributed by atoms with E-state index in [0.717, 1.165) is 22.6 Å². The molecular weight excluding hydrogens is 210 g/mol. The molecule has 2 aromatic rings. The van der Waals surface area contributed by atoms with Crippen LogP contribution in [0.4, 0.5) is 5.69 Å². The van der Waals surface area contributed by atoms with E-state index < -0.39 is 0 Å². The Hall–Kier alpha value is -2.22. The quantitative estimate of drug-likeness (QED) is 0.808. The van der Waals surface area contributed by atoms with Crippen LogP contribution in [0.25, 0.3) is 6.08 Å². The van der Waals surface area contributed by atoms with E-state index in [-0.39, 0.29) is 0 Å². The molecule has 0 saturated heterocycles. The minimum Gasteiger partial charge on any atom is -0.489 e. The first-order valence-electron chi connectivity index (χ1n) is 5.47. The van der Waals surface area contributed by atoms with E-state index in [9.17, 15) is 0 Å². The van der Waals surface area contributed by atoms with Gasteiger partial charge in [-0.2, -0.15) is 0 Å². The van der Waals surface area contributed by atoms with Crippen molar-refractivity contribution in [3.63, 3.8) is 0 Å². The number of anilines is 1. The fourth-order valence-corrected chi connectivity index (χ4v) is 1.54. The molecule has 2 N–H and O–H groups in total. The molecule has 0 aliphatic heterocycles. The number of rotatable bonds is 4. The summed E-state index contributed by atoms with van der Waals surface area (Å²) >= 11 is 0. The number of hydrogen-bond donors (Lipinski definition) is 1. The van der Waals surface area contributed by atoms with Crippen molar-refractivity contribution in [2.75, 3.05) is 5.73 Å². The van der Waals surface area contributed by atoms with Gasteiger partial charge in [-0.05, 0) is 41.5 Å². The van der Waals surface area contributed by atoms with Gasteiger partial charge >= 0.3 is 0 Å². The minimum absolute atomic E-state index is 0.547. The number of benzene rings is 2. The molecule has 2 aromatic carbocycles. The topological polar surface area (TPSA) is 35.2 Å². The zero-order chi connectivity index (χ0) is 12.1. The van der Waals surface area contributed by atoms with E-state index in [1.807, 2.05) is 48.5 Å². The van der Waals surface area contributed by atoms with Crippen LogP contribution in [0.15, 0.2) is 55.1 Å². The summed E-state index contributed by atoms with van der Waals surface area (Å²) in [6, 6.07) is 15.5. The SMILES string of the molecule is C=Cc1cccc(COc2ccc(N)cc2)c1. The van der Waals surface area contributed by atoms with Crippen molar-refractivity contribution >= 4 is 11.8 Å². The fraction of sp³-hybridized carbons (Fsp3) is 0.0667. The summed E-state index contributed by atoms with van der Waals surface area (Å²) in [6.07, 6.45) is 1.83. The molecule has 0 unspecified atom stereocenters. The zero-order valence-corrected chi connectivity index (χ0v) is 9.60. The highest BCUT2D eigenvalue weighted by Crippen LogP contribution is 2.15. The van der Waals surface area contributed by atoms with Crippen molar-refractivity contribution in [2.24, 2.45) is 0 Å². The molecule has 17 heavy (non-hydrogen) atoms. The average Bonchev–Trinajstić information content (AvgIpc) is 2.38. The molecule has 0 heterocycles. The Kier molecular flexibility index (Phi) is 3.46. The van der Waals surface area contributed by atoms with Crippen molar-refractivity contribution < 1.29 is 4.74 Å². The molecule has 0 aromatic heterocycles. The lowest BCUT2D eigenvalue weighted by Crippen LogP contribution is -1.95. The molecule has 0 aliphatic carbocycles. The predicted molar refractivity (Wildman–Crippen MR) is 71.7 cm³/mol. The minimum atomic E-state index is 0.547. The summed E-state index contributed by atoms with van der Waals surface area (Å²) in [4.78, 5) is 0. The number of nitrogens with two attached hydrogens (primary N) is 1. The molecule has 86 valence electrons. The first kappa shape index (κ1) is 11.3. The fourth-order valence-electron chi connectivity index (χ4n) is 1.54. The van der Waals surface area contributed by atoms with E-state index in [0.29, 0.717) is 6.61 Å². The van der Waals surface area contributed by atoms with E-state index in [1.165, 1.54) is 0 Å². The van der Waals surface area contributed by atoms with Crippen LogP contribution >= 0.6 is 0 Å². The smallest absolute Gasteiger partial charge is 0.119 e. The maximum atomic E-state index is 5.66. The summed E-state index contributed by atoms with van der Waals surface area (Å²) in [6.45, 7) is 4.29. The monoisotopic (exact) mass is 225 g/mol. The standard InChI is InChI=1S/C15H15NO/c1-2-12-4-3-5-13(10-12)11-17-15-8-6-14(16)7-9-15/h2-10H,1,11,16H2. The highest BCUT2D eigenvalue weighted by Gasteiger charge is 1.96. The van der Waals surface area contributed by atoms with E-state index in [1.54, 1.807) is 0 Å². The van der Waals surface area contributed by atoms with Crippen LogP contribution in [0.2, 0.25) is 0 Å². The molecule has 2 heteroatoms. The summed E-state index contributed by atoms with van der Waals surface area (Å²) in [5.41, 5.74) is 8.57. The maximum absolute atomic E-state index is 5.66. The van der Waals surface area contributed by atoms with Crippen LogP contribution < -0.4 is 10.5 Å². The number of ether oxygens (including phenoxy) is 1. The van der Waals surface area contributed by atoms with E-state index >= 15 is 0 Å². The molecule has 0 spiro atoms. The molecule has 0 radical (unpaired) electrons. The Bertz CT molecular complexity index is 503. The van der Waals surface area contributed by atoms with Crippen molar-refractivity contribution in [1.29, 1.82) is 0 Å². The number of nitrogen functional groups attached to an aromatic ring is 1. The Morgan fingerprint density at radius 3 is 2.59 bits per heavy atom. The molecule has 2 nitrogen and oxygen atoms in total. The van der Waals surface area contributed by atoms with Gasteiger partial charge in [0, 0.05) is 5.69 Å². The van der Waals surface area contributed by atoms with Crippen LogP contribution in [0, 0.1) is 0 Å². The van der Waals surface area contributed by atoms with Crippen LogP contribution in [-0.2, 0) is 6.61 Å². The van der Waals surface area contributed by atoms with Gasteiger partial charge in [0.2, 0.25) is 0 Å². The van der Waals surface area contributed by atoms with Crippen LogP contribution in [0.1, 0.15) is 11.1 Å². The molecule has 0 atom stereocenters. The van der Waals surface area contributed by atoms with Gasteiger partial charge in [0.05, 0.1) is 0 Å². The second kappa shape index (κ2) is 5.21. The summed E-state index contributed by atoms with van der Waals surface area (Å²) in [5.74, 6) is 0.822. The molecule has 0 fully saturated rings. The van der Waals surface area contributed by atoms with Gasteiger partial charge in [-0.15, -0.1) is 0 Å². The first-order valence-corrected chi connectivity index (χ1v) is 5.47. The zero-order valence-electron chi connectivity index (χ0n) is 9.60. The van der Waals surface area contributed by atoms with E-state index in [2.05, 4.69) is 12.6 Å². The lowest BCUT2D eigenvalue weighted by Gasteiger charge is -2.07. The maximum Gasteiger partial charge on any atom is 0.119 e. The molecule has 0 amide bonds. The Balaban J connectivity index is 2.01. The third-order valence-corrected chi connectivity index (χ3v) is 2.47. The third-order valence-electron chi connectivity index (χ3n) is 2.47. The van der Waals surface area contributed by atoms with E-state index in [4.69, 9.17) is 10.5 Å². The normalized spacial score (nSPS) is 9.88.